The van der Waals surface area contributed by atoms with E-state index in [2.05, 4.69) is 61.6 Å². The van der Waals surface area contributed by atoms with Gasteiger partial charge in [-0.15, -0.1) is 15.3 Å². The molecule has 0 atom stereocenters. The quantitative estimate of drug-likeness (QED) is 0.430. The molecule has 0 radical (unpaired) electrons. The Labute approximate surface area is 211 Å². The van der Waals surface area contributed by atoms with Crippen molar-refractivity contribution in [3.63, 3.8) is 0 Å². The summed E-state index contributed by atoms with van der Waals surface area (Å²) in [5.41, 5.74) is 11.1. The fourth-order valence-corrected chi connectivity index (χ4v) is 5.19. The lowest BCUT2D eigenvalue weighted by Gasteiger charge is -2.32. The number of aromatic nitrogens is 5. The third kappa shape index (κ3) is 4.76. The molecule has 1 saturated heterocycles. The molecule has 0 spiro atoms. The molecule has 0 unspecified atom stereocenters. The van der Waals surface area contributed by atoms with Crippen LogP contribution in [0.3, 0.4) is 0 Å². The molecular weight excluding hydrogens is 450 g/mol. The molecule has 1 aliphatic heterocycles. The highest BCUT2D eigenvalue weighted by molar-refractivity contribution is 5.77. The van der Waals surface area contributed by atoms with Gasteiger partial charge in [-0.3, -0.25) is 4.90 Å². The molecule has 2 aliphatic rings. The number of nitrogens with zero attached hydrogens (tertiary/aromatic N) is 7. The van der Waals surface area contributed by atoms with E-state index in [1.807, 2.05) is 24.4 Å². The first-order valence-corrected chi connectivity index (χ1v) is 12.9. The standard InChI is InChI=1S/C27H33N9/c1-34-12-14-35(15-13-34)18-19-6-8-20(9-7-19)21-16-23(26(28)29-17-21)27-32-31-25-11-10-24(33-36(25)27)30-22-4-2-3-5-22/h6-11,16-17,22H,2-5,12-15,18H2,1H3,(H2,28,29)(H,30,33). The van der Waals surface area contributed by atoms with Gasteiger partial charge in [0.05, 0.1) is 5.56 Å². The Hall–Kier alpha value is -3.56. The molecule has 36 heavy (non-hydrogen) atoms. The van der Waals surface area contributed by atoms with Crippen LogP contribution < -0.4 is 11.1 Å². The lowest BCUT2D eigenvalue weighted by Crippen LogP contribution is -2.43. The van der Waals surface area contributed by atoms with Crippen LogP contribution in [0.1, 0.15) is 31.2 Å². The summed E-state index contributed by atoms with van der Waals surface area (Å²) in [7, 11) is 2.19. The SMILES string of the molecule is CN1CCN(Cc2ccc(-c3cnc(N)c(-c4nnc5ccc(NC6CCCC6)nn45)c3)cc2)CC1. The Bertz CT molecular complexity index is 1330. The number of benzene rings is 1. The third-order valence-electron chi connectivity index (χ3n) is 7.42. The van der Waals surface area contributed by atoms with Crippen molar-refractivity contribution >= 4 is 17.3 Å². The topological polar surface area (TPSA) is 100 Å². The molecule has 4 heterocycles. The highest BCUT2D eigenvalue weighted by Crippen LogP contribution is 2.29. The number of hydrogen-bond donors (Lipinski definition) is 2. The van der Waals surface area contributed by atoms with Gasteiger partial charge in [0, 0.05) is 50.5 Å². The number of pyridine rings is 1. The van der Waals surface area contributed by atoms with Gasteiger partial charge in [0.2, 0.25) is 0 Å². The Morgan fingerprint density at radius 3 is 2.50 bits per heavy atom. The average molecular weight is 484 g/mol. The second-order valence-corrected chi connectivity index (χ2v) is 10.1. The first-order chi connectivity index (χ1) is 17.6. The van der Waals surface area contributed by atoms with Crippen LogP contribution >= 0.6 is 0 Å². The molecule has 4 aromatic rings. The van der Waals surface area contributed by atoms with Crippen LogP contribution in [-0.4, -0.2) is 73.9 Å². The van der Waals surface area contributed by atoms with Crippen molar-refractivity contribution in [3.05, 3.63) is 54.2 Å². The highest BCUT2D eigenvalue weighted by atomic mass is 15.4. The zero-order valence-electron chi connectivity index (χ0n) is 20.8. The van der Waals surface area contributed by atoms with Gasteiger partial charge < -0.3 is 16.0 Å². The normalized spacial score (nSPS) is 17.7. The van der Waals surface area contributed by atoms with Crippen molar-refractivity contribution < 1.29 is 0 Å². The number of nitrogens with two attached hydrogens (primary N) is 1. The maximum absolute atomic E-state index is 6.31. The first kappa shape index (κ1) is 22.9. The van der Waals surface area contributed by atoms with Crippen molar-refractivity contribution in [2.24, 2.45) is 0 Å². The largest absolute Gasteiger partial charge is 0.383 e. The van der Waals surface area contributed by atoms with Crippen LogP contribution in [0.4, 0.5) is 11.6 Å². The minimum absolute atomic E-state index is 0.413. The monoisotopic (exact) mass is 483 g/mol. The van der Waals surface area contributed by atoms with Crippen molar-refractivity contribution in [2.45, 2.75) is 38.3 Å². The number of nitrogen functional groups attached to an aromatic ring is 1. The third-order valence-corrected chi connectivity index (χ3v) is 7.42. The van der Waals surface area contributed by atoms with Crippen molar-refractivity contribution in [1.82, 2.24) is 34.6 Å². The summed E-state index contributed by atoms with van der Waals surface area (Å²) in [4.78, 5) is 9.38. The maximum Gasteiger partial charge on any atom is 0.189 e. The smallest absolute Gasteiger partial charge is 0.189 e. The molecule has 1 aliphatic carbocycles. The lowest BCUT2D eigenvalue weighted by atomic mass is 10.0. The zero-order chi connectivity index (χ0) is 24.5. The Balaban J connectivity index is 1.25. The van der Waals surface area contributed by atoms with Crippen LogP contribution in [0.2, 0.25) is 0 Å². The molecule has 186 valence electrons. The number of likely N-dealkylation sites (N-methyl/N-ethyl adjacent to an activating group) is 1. The predicted molar refractivity (Wildman–Crippen MR) is 143 cm³/mol. The molecule has 1 saturated carbocycles. The van der Waals surface area contributed by atoms with Crippen molar-refractivity contribution in [2.75, 3.05) is 44.3 Å². The molecule has 3 N–H and O–H groups in total. The van der Waals surface area contributed by atoms with Gasteiger partial charge in [-0.25, -0.2) is 4.98 Å². The van der Waals surface area contributed by atoms with Gasteiger partial charge in [0.15, 0.2) is 11.5 Å². The predicted octanol–water partition coefficient (Wildman–Crippen LogP) is 3.54. The van der Waals surface area contributed by atoms with Crippen molar-refractivity contribution in [3.8, 4) is 22.5 Å². The fourth-order valence-electron chi connectivity index (χ4n) is 5.19. The first-order valence-electron chi connectivity index (χ1n) is 12.9. The van der Waals surface area contributed by atoms with Gasteiger partial charge in [-0.1, -0.05) is 37.1 Å². The molecule has 1 aromatic carbocycles. The summed E-state index contributed by atoms with van der Waals surface area (Å²) in [5.74, 6) is 1.84. The van der Waals surface area contributed by atoms with Crippen LogP contribution in [-0.2, 0) is 6.54 Å². The molecular formula is C27H33N9. The number of hydrogen-bond acceptors (Lipinski definition) is 8. The number of fused-ring (bicyclic) bond motifs is 1. The van der Waals surface area contributed by atoms with E-state index in [1.165, 1.54) is 31.2 Å². The summed E-state index contributed by atoms with van der Waals surface area (Å²) in [6.45, 7) is 5.46. The summed E-state index contributed by atoms with van der Waals surface area (Å²) < 4.78 is 1.76. The van der Waals surface area contributed by atoms with E-state index in [0.29, 0.717) is 23.3 Å². The van der Waals surface area contributed by atoms with Crippen molar-refractivity contribution in [1.29, 1.82) is 0 Å². The molecule has 9 nitrogen and oxygen atoms in total. The van der Waals surface area contributed by atoms with Crippen LogP contribution in [0.5, 0.6) is 0 Å². The summed E-state index contributed by atoms with van der Waals surface area (Å²) in [5, 5.41) is 17.1. The molecule has 0 amide bonds. The molecule has 9 heteroatoms. The number of rotatable bonds is 6. The minimum Gasteiger partial charge on any atom is -0.383 e. The zero-order valence-corrected chi connectivity index (χ0v) is 20.8. The fraction of sp³-hybridized carbons (Fsp3) is 0.407. The maximum atomic E-state index is 6.31. The Kier molecular flexibility index (Phi) is 6.25. The molecule has 3 aromatic heterocycles. The van der Waals surface area contributed by atoms with Gasteiger partial charge in [0.1, 0.15) is 11.6 Å². The highest BCUT2D eigenvalue weighted by Gasteiger charge is 2.18. The number of nitrogens with one attached hydrogen (secondary N) is 1. The van der Waals surface area contributed by atoms with Crippen LogP contribution in [0.15, 0.2) is 48.7 Å². The summed E-state index contributed by atoms with van der Waals surface area (Å²) in [6.07, 6.45) is 6.72. The summed E-state index contributed by atoms with van der Waals surface area (Å²) in [6, 6.07) is 15.1. The molecule has 2 fully saturated rings. The van der Waals surface area contributed by atoms with E-state index in [1.54, 1.807) is 4.52 Å². The second kappa shape index (κ2) is 9.83. The van der Waals surface area contributed by atoms with Gasteiger partial charge in [-0.2, -0.15) is 4.52 Å². The van der Waals surface area contributed by atoms with E-state index in [9.17, 15) is 0 Å². The van der Waals surface area contributed by atoms with Gasteiger partial charge in [-0.05, 0) is 49.2 Å². The molecule has 6 rings (SSSR count). The van der Waals surface area contributed by atoms with Gasteiger partial charge in [0.25, 0.3) is 0 Å². The number of piperazine rings is 1. The van der Waals surface area contributed by atoms with Crippen LogP contribution in [0.25, 0.3) is 28.2 Å². The summed E-state index contributed by atoms with van der Waals surface area (Å²) >= 11 is 0. The Morgan fingerprint density at radius 1 is 0.944 bits per heavy atom. The van der Waals surface area contributed by atoms with E-state index in [-0.39, 0.29) is 0 Å². The average Bonchev–Trinajstić information content (AvgIpc) is 3.56. The Morgan fingerprint density at radius 2 is 1.72 bits per heavy atom. The second-order valence-electron chi connectivity index (χ2n) is 10.1. The number of anilines is 2. The van der Waals surface area contributed by atoms with Crippen LogP contribution in [0, 0.1) is 0 Å². The minimum atomic E-state index is 0.413. The molecule has 0 bridgehead atoms. The van der Waals surface area contributed by atoms with E-state index in [0.717, 1.165) is 55.2 Å². The van der Waals surface area contributed by atoms with Gasteiger partial charge >= 0.3 is 0 Å². The van der Waals surface area contributed by atoms with E-state index >= 15 is 0 Å². The van der Waals surface area contributed by atoms with E-state index in [4.69, 9.17) is 10.8 Å². The van der Waals surface area contributed by atoms with E-state index < -0.39 is 0 Å². The lowest BCUT2D eigenvalue weighted by molar-refractivity contribution is 0.148.